The summed E-state index contributed by atoms with van der Waals surface area (Å²) in [5.74, 6) is -0.229. The number of methoxy groups -OCH3 is 1. The molecular weight excluding hydrogens is 194 g/mol. The molecule has 0 saturated carbocycles. The van der Waals surface area contributed by atoms with Crippen LogP contribution in [0.1, 0.15) is 18.5 Å². The maximum atomic E-state index is 10.9. The van der Waals surface area contributed by atoms with E-state index < -0.39 is 0 Å². The first-order chi connectivity index (χ1) is 7.22. The van der Waals surface area contributed by atoms with E-state index >= 15 is 0 Å². The summed E-state index contributed by atoms with van der Waals surface area (Å²) in [4.78, 5) is 18.7. The average molecular weight is 209 g/mol. The highest BCUT2D eigenvalue weighted by atomic mass is 16.5. The van der Waals surface area contributed by atoms with Crippen LogP contribution in [0.3, 0.4) is 0 Å². The molecule has 0 amide bonds. The Hall–Kier alpha value is -1.49. The maximum absolute atomic E-state index is 10.9. The van der Waals surface area contributed by atoms with Gasteiger partial charge in [0.1, 0.15) is 6.33 Å². The van der Waals surface area contributed by atoms with Crippen LogP contribution in [0.4, 0.5) is 0 Å². The third-order valence-electron chi connectivity index (χ3n) is 2.06. The first kappa shape index (κ1) is 11.6. The van der Waals surface area contributed by atoms with E-state index in [1.165, 1.54) is 13.4 Å². The van der Waals surface area contributed by atoms with Gasteiger partial charge in [-0.25, -0.2) is 9.97 Å². The van der Waals surface area contributed by atoms with Crippen molar-refractivity contribution in [3.8, 4) is 0 Å². The molecular formula is C10H15N3O2. The van der Waals surface area contributed by atoms with Crippen molar-refractivity contribution < 1.29 is 9.53 Å². The lowest BCUT2D eigenvalue weighted by Gasteiger charge is -2.09. The van der Waals surface area contributed by atoms with Crippen molar-refractivity contribution in [2.75, 3.05) is 7.11 Å². The summed E-state index contributed by atoms with van der Waals surface area (Å²) in [5.41, 5.74) is 6.73. The van der Waals surface area contributed by atoms with Crippen LogP contribution in [0.2, 0.25) is 0 Å². The maximum Gasteiger partial charge on any atom is 0.305 e. The standard InChI is InChI=1S/C10H15N3O2/c1-15-10(14)3-2-8(11)6-9-4-5-12-7-13-9/h4-5,7-8H,2-3,6,11H2,1H3. The van der Waals surface area contributed by atoms with Gasteiger partial charge in [-0.15, -0.1) is 0 Å². The van der Waals surface area contributed by atoms with Crippen molar-refractivity contribution in [1.82, 2.24) is 9.97 Å². The third kappa shape index (κ3) is 4.51. The molecule has 0 aliphatic heterocycles. The molecule has 0 aliphatic rings. The minimum atomic E-state index is -0.229. The van der Waals surface area contributed by atoms with Crippen LogP contribution in [0.15, 0.2) is 18.6 Å². The fourth-order valence-electron chi connectivity index (χ4n) is 1.21. The molecule has 1 atom stereocenters. The highest BCUT2D eigenvalue weighted by Gasteiger charge is 2.08. The van der Waals surface area contributed by atoms with Crippen LogP contribution in [0.5, 0.6) is 0 Å². The van der Waals surface area contributed by atoms with Crippen LogP contribution in [-0.4, -0.2) is 29.1 Å². The number of carbonyl (C=O) groups excluding carboxylic acids is 1. The van der Waals surface area contributed by atoms with Gasteiger partial charge in [-0.1, -0.05) is 0 Å². The van der Waals surface area contributed by atoms with E-state index in [9.17, 15) is 4.79 Å². The van der Waals surface area contributed by atoms with Crippen molar-refractivity contribution in [2.45, 2.75) is 25.3 Å². The Kier molecular flexibility index (Phi) is 4.70. The molecule has 1 unspecified atom stereocenters. The van der Waals surface area contributed by atoms with E-state index in [4.69, 9.17) is 5.73 Å². The fourth-order valence-corrected chi connectivity index (χ4v) is 1.21. The summed E-state index contributed by atoms with van der Waals surface area (Å²) in [6.07, 6.45) is 4.77. The molecule has 2 N–H and O–H groups in total. The molecule has 1 rings (SSSR count). The number of carbonyl (C=O) groups is 1. The number of esters is 1. The van der Waals surface area contributed by atoms with Gasteiger partial charge in [0.15, 0.2) is 0 Å². The van der Waals surface area contributed by atoms with Gasteiger partial charge in [-0.3, -0.25) is 4.79 Å². The zero-order valence-corrected chi connectivity index (χ0v) is 8.72. The topological polar surface area (TPSA) is 78.1 Å². The highest BCUT2D eigenvalue weighted by Crippen LogP contribution is 2.02. The predicted molar refractivity (Wildman–Crippen MR) is 55.0 cm³/mol. The van der Waals surface area contributed by atoms with Gasteiger partial charge in [0.2, 0.25) is 0 Å². The molecule has 0 fully saturated rings. The van der Waals surface area contributed by atoms with Crippen LogP contribution in [0.25, 0.3) is 0 Å². The first-order valence-corrected chi connectivity index (χ1v) is 4.79. The Morgan fingerprint density at radius 3 is 3.07 bits per heavy atom. The van der Waals surface area contributed by atoms with Gasteiger partial charge < -0.3 is 10.5 Å². The molecule has 0 saturated heterocycles. The van der Waals surface area contributed by atoms with Crippen LogP contribution in [0, 0.1) is 0 Å². The number of aromatic nitrogens is 2. The lowest BCUT2D eigenvalue weighted by atomic mass is 10.1. The van der Waals surface area contributed by atoms with Gasteiger partial charge in [0.25, 0.3) is 0 Å². The Bertz CT molecular complexity index is 303. The SMILES string of the molecule is COC(=O)CCC(N)Cc1ccncn1. The van der Waals surface area contributed by atoms with E-state index in [0.717, 1.165) is 5.69 Å². The van der Waals surface area contributed by atoms with Crippen molar-refractivity contribution >= 4 is 5.97 Å². The molecule has 15 heavy (non-hydrogen) atoms. The van der Waals surface area contributed by atoms with E-state index in [2.05, 4.69) is 14.7 Å². The van der Waals surface area contributed by atoms with Crippen LogP contribution < -0.4 is 5.73 Å². The van der Waals surface area contributed by atoms with Gasteiger partial charge in [0.05, 0.1) is 7.11 Å². The molecule has 82 valence electrons. The predicted octanol–water partition coefficient (Wildman–Crippen LogP) is 0.300. The smallest absolute Gasteiger partial charge is 0.305 e. The average Bonchev–Trinajstić information content (AvgIpc) is 2.27. The number of nitrogens with two attached hydrogens (primary N) is 1. The van der Waals surface area contributed by atoms with Crippen molar-refractivity contribution in [1.29, 1.82) is 0 Å². The van der Waals surface area contributed by atoms with Crippen LogP contribution in [-0.2, 0) is 16.0 Å². The van der Waals surface area contributed by atoms with Crippen LogP contribution >= 0.6 is 0 Å². The Morgan fingerprint density at radius 2 is 2.47 bits per heavy atom. The van der Waals surface area contributed by atoms with Gasteiger partial charge in [0, 0.05) is 30.8 Å². The second kappa shape index (κ2) is 6.08. The first-order valence-electron chi connectivity index (χ1n) is 4.79. The van der Waals surface area contributed by atoms with Gasteiger partial charge in [-0.2, -0.15) is 0 Å². The Labute approximate surface area is 88.7 Å². The third-order valence-corrected chi connectivity index (χ3v) is 2.06. The highest BCUT2D eigenvalue weighted by molar-refractivity contribution is 5.69. The summed E-state index contributed by atoms with van der Waals surface area (Å²) in [5, 5.41) is 0. The molecule has 0 bridgehead atoms. The van der Waals surface area contributed by atoms with E-state index in [0.29, 0.717) is 19.3 Å². The Morgan fingerprint density at radius 1 is 1.67 bits per heavy atom. The van der Waals surface area contributed by atoms with Gasteiger partial charge >= 0.3 is 5.97 Å². The van der Waals surface area contributed by atoms with Crippen molar-refractivity contribution in [2.24, 2.45) is 5.73 Å². The molecule has 1 aromatic heterocycles. The zero-order chi connectivity index (χ0) is 11.1. The molecule has 1 heterocycles. The normalized spacial score (nSPS) is 12.1. The van der Waals surface area contributed by atoms with E-state index in [-0.39, 0.29) is 12.0 Å². The molecule has 0 spiro atoms. The van der Waals surface area contributed by atoms with E-state index in [1.54, 1.807) is 6.20 Å². The summed E-state index contributed by atoms with van der Waals surface area (Å²) in [6.45, 7) is 0. The summed E-state index contributed by atoms with van der Waals surface area (Å²) in [6, 6.07) is 1.75. The minimum absolute atomic E-state index is 0.0704. The summed E-state index contributed by atoms with van der Waals surface area (Å²) >= 11 is 0. The molecule has 0 radical (unpaired) electrons. The lowest BCUT2D eigenvalue weighted by Crippen LogP contribution is -2.24. The summed E-state index contributed by atoms with van der Waals surface area (Å²) in [7, 11) is 1.37. The minimum Gasteiger partial charge on any atom is -0.469 e. The molecule has 0 aromatic carbocycles. The second-order valence-electron chi connectivity index (χ2n) is 3.28. The fraction of sp³-hybridized carbons (Fsp3) is 0.500. The summed E-state index contributed by atoms with van der Waals surface area (Å²) < 4.78 is 4.53. The van der Waals surface area contributed by atoms with E-state index in [1.807, 2.05) is 6.07 Å². The number of nitrogens with zero attached hydrogens (tertiary/aromatic N) is 2. The van der Waals surface area contributed by atoms with Gasteiger partial charge in [-0.05, 0) is 12.5 Å². The number of hydrogen-bond acceptors (Lipinski definition) is 5. The monoisotopic (exact) mass is 209 g/mol. The second-order valence-corrected chi connectivity index (χ2v) is 3.28. The molecule has 0 aliphatic carbocycles. The largest absolute Gasteiger partial charge is 0.469 e. The zero-order valence-electron chi connectivity index (χ0n) is 8.72. The number of rotatable bonds is 5. The molecule has 1 aromatic rings. The number of hydrogen-bond donors (Lipinski definition) is 1. The number of ether oxygens (including phenoxy) is 1. The quantitative estimate of drug-likeness (QED) is 0.705. The van der Waals surface area contributed by atoms with Crippen molar-refractivity contribution in [3.05, 3.63) is 24.3 Å². The Balaban J connectivity index is 2.30. The van der Waals surface area contributed by atoms with Crippen molar-refractivity contribution in [3.63, 3.8) is 0 Å². The molecule has 5 nitrogen and oxygen atoms in total. The molecule has 5 heteroatoms. The lowest BCUT2D eigenvalue weighted by molar-refractivity contribution is -0.140.